The van der Waals surface area contributed by atoms with E-state index in [4.69, 9.17) is 5.73 Å². The Hall–Kier alpha value is -0.930. The fourth-order valence-electron chi connectivity index (χ4n) is 1.76. The summed E-state index contributed by atoms with van der Waals surface area (Å²) in [7, 11) is 2.17. The van der Waals surface area contributed by atoms with Crippen LogP contribution in [0.1, 0.15) is 31.2 Å². The number of aromatic nitrogens is 1. The second-order valence-corrected chi connectivity index (χ2v) is 4.30. The average Bonchev–Trinajstić information content (AvgIpc) is 2.30. The smallest absolute Gasteiger partial charge is 0.0271 e. The SMILES string of the molecule is CN(CCCCCCN)Cc1ccncc1. The molecule has 0 aliphatic heterocycles. The Morgan fingerprint density at radius 2 is 1.81 bits per heavy atom. The molecule has 0 aromatic carbocycles. The van der Waals surface area contributed by atoms with Crippen LogP contribution in [0.15, 0.2) is 24.5 Å². The van der Waals surface area contributed by atoms with E-state index in [0.717, 1.165) is 26.1 Å². The minimum atomic E-state index is 0.826. The number of rotatable bonds is 8. The highest BCUT2D eigenvalue weighted by molar-refractivity contribution is 5.09. The molecule has 0 saturated carbocycles. The predicted octanol–water partition coefficient (Wildman–Crippen LogP) is 2.03. The lowest BCUT2D eigenvalue weighted by Crippen LogP contribution is -2.19. The van der Waals surface area contributed by atoms with Gasteiger partial charge in [-0.25, -0.2) is 0 Å². The maximum Gasteiger partial charge on any atom is 0.0271 e. The van der Waals surface area contributed by atoms with Gasteiger partial charge in [-0.2, -0.15) is 0 Å². The van der Waals surface area contributed by atoms with E-state index < -0.39 is 0 Å². The number of hydrogen-bond acceptors (Lipinski definition) is 3. The lowest BCUT2D eigenvalue weighted by Gasteiger charge is -2.16. The highest BCUT2D eigenvalue weighted by Crippen LogP contribution is 2.04. The molecule has 0 spiro atoms. The van der Waals surface area contributed by atoms with Gasteiger partial charge in [0, 0.05) is 18.9 Å². The molecular weight excluding hydrogens is 198 g/mol. The first-order valence-corrected chi connectivity index (χ1v) is 6.10. The van der Waals surface area contributed by atoms with Crippen LogP contribution in [0.25, 0.3) is 0 Å². The first-order chi connectivity index (χ1) is 7.83. The number of hydrogen-bond donors (Lipinski definition) is 1. The molecule has 1 aromatic heterocycles. The van der Waals surface area contributed by atoms with E-state index in [0.29, 0.717) is 0 Å². The maximum atomic E-state index is 5.46. The highest BCUT2D eigenvalue weighted by Gasteiger charge is 1.99. The third-order valence-corrected chi connectivity index (χ3v) is 2.70. The molecule has 1 heterocycles. The molecule has 0 amide bonds. The summed E-state index contributed by atoms with van der Waals surface area (Å²) in [6.45, 7) is 3.00. The third kappa shape index (κ3) is 5.83. The van der Waals surface area contributed by atoms with Gasteiger partial charge in [0.25, 0.3) is 0 Å². The lowest BCUT2D eigenvalue weighted by atomic mass is 10.2. The minimum absolute atomic E-state index is 0.826. The average molecular weight is 221 g/mol. The molecule has 0 bridgehead atoms. The van der Waals surface area contributed by atoms with Crippen LogP contribution in [0.5, 0.6) is 0 Å². The van der Waals surface area contributed by atoms with Gasteiger partial charge in [0.15, 0.2) is 0 Å². The van der Waals surface area contributed by atoms with Gasteiger partial charge < -0.3 is 10.6 Å². The van der Waals surface area contributed by atoms with Gasteiger partial charge in [-0.05, 0) is 50.7 Å². The van der Waals surface area contributed by atoms with E-state index in [9.17, 15) is 0 Å². The molecule has 0 aliphatic carbocycles. The molecule has 3 nitrogen and oxygen atoms in total. The van der Waals surface area contributed by atoms with Crippen LogP contribution in [0.4, 0.5) is 0 Å². The van der Waals surface area contributed by atoms with Gasteiger partial charge in [0.1, 0.15) is 0 Å². The molecule has 3 heteroatoms. The second kappa shape index (κ2) is 8.25. The van der Waals surface area contributed by atoms with E-state index in [2.05, 4.69) is 29.1 Å². The molecule has 0 aliphatic rings. The molecule has 90 valence electrons. The van der Waals surface area contributed by atoms with Gasteiger partial charge in [-0.1, -0.05) is 12.8 Å². The Balaban J connectivity index is 2.09. The van der Waals surface area contributed by atoms with Crippen molar-refractivity contribution in [1.29, 1.82) is 0 Å². The van der Waals surface area contributed by atoms with Crippen LogP contribution in [-0.2, 0) is 6.54 Å². The zero-order valence-corrected chi connectivity index (χ0v) is 10.2. The van der Waals surface area contributed by atoms with Crippen molar-refractivity contribution in [3.8, 4) is 0 Å². The zero-order chi connectivity index (χ0) is 11.6. The summed E-state index contributed by atoms with van der Waals surface area (Å²) in [6.07, 6.45) is 8.68. The molecule has 16 heavy (non-hydrogen) atoms. The summed E-state index contributed by atoms with van der Waals surface area (Å²) in [5.74, 6) is 0. The molecule has 0 saturated heterocycles. The van der Waals surface area contributed by atoms with Gasteiger partial charge in [0.05, 0.1) is 0 Å². The van der Waals surface area contributed by atoms with Crippen LogP contribution in [-0.4, -0.2) is 30.0 Å². The third-order valence-electron chi connectivity index (χ3n) is 2.70. The van der Waals surface area contributed by atoms with Gasteiger partial charge in [0.2, 0.25) is 0 Å². The van der Waals surface area contributed by atoms with E-state index >= 15 is 0 Å². The van der Waals surface area contributed by atoms with Crippen molar-refractivity contribution in [2.24, 2.45) is 5.73 Å². The van der Waals surface area contributed by atoms with Crippen molar-refractivity contribution in [3.63, 3.8) is 0 Å². The molecule has 0 atom stereocenters. The summed E-state index contributed by atoms with van der Waals surface area (Å²) < 4.78 is 0. The predicted molar refractivity (Wildman–Crippen MR) is 68.1 cm³/mol. The fourth-order valence-corrected chi connectivity index (χ4v) is 1.76. The van der Waals surface area contributed by atoms with E-state index in [1.807, 2.05) is 12.4 Å². The van der Waals surface area contributed by atoms with Crippen molar-refractivity contribution in [1.82, 2.24) is 9.88 Å². The highest BCUT2D eigenvalue weighted by atomic mass is 15.1. The fraction of sp³-hybridized carbons (Fsp3) is 0.615. The molecule has 0 unspecified atom stereocenters. The minimum Gasteiger partial charge on any atom is -0.330 e. The number of nitrogens with zero attached hydrogens (tertiary/aromatic N) is 2. The first-order valence-electron chi connectivity index (χ1n) is 6.10. The normalized spacial score (nSPS) is 10.9. The van der Waals surface area contributed by atoms with Gasteiger partial charge >= 0.3 is 0 Å². The van der Waals surface area contributed by atoms with E-state index in [1.165, 1.54) is 24.8 Å². The van der Waals surface area contributed by atoms with Crippen LogP contribution in [0.2, 0.25) is 0 Å². The molecule has 2 N–H and O–H groups in total. The van der Waals surface area contributed by atoms with Gasteiger partial charge in [-0.3, -0.25) is 4.98 Å². The monoisotopic (exact) mass is 221 g/mol. The molecule has 0 fully saturated rings. The van der Waals surface area contributed by atoms with Crippen molar-refractivity contribution in [2.75, 3.05) is 20.1 Å². The maximum absolute atomic E-state index is 5.46. The van der Waals surface area contributed by atoms with Crippen LogP contribution >= 0.6 is 0 Å². The quantitative estimate of drug-likeness (QED) is 0.683. The van der Waals surface area contributed by atoms with Crippen molar-refractivity contribution in [2.45, 2.75) is 32.2 Å². The van der Waals surface area contributed by atoms with E-state index in [1.54, 1.807) is 0 Å². The summed E-state index contributed by atoms with van der Waals surface area (Å²) in [4.78, 5) is 6.38. The lowest BCUT2D eigenvalue weighted by molar-refractivity contribution is 0.317. The Morgan fingerprint density at radius 1 is 1.12 bits per heavy atom. The number of nitrogens with two attached hydrogens (primary N) is 1. The summed E-state index contributed by atoms with van der Waals surface area (Å²) in [5.41, 5.74) is 6.79. The summed E-state index contributed by atoms with van der Waals surface area (Å²) in [6, 6.07) is 4.15. The van der Waals surface area contributed by atoms with Crippen LogP contribution in [0.3, 0.4) is 0 Å². The summed E-state index contributed by atoms with van der Waals surface area (Å²) >= 11 is 0. The molecule has 1 aromatic rings. The molecule has 1 rings (SSSR count). The Labute approximate surface area is 98.7 Å². The second-order valence-electron chi connectivity index (χ2n) is 4.30. The van der Waals surface area contributed by atoms with Crippen molar-refractivity contribution in [3.05, 3.63) is 30.1 Å². The molecule has 0 radical (unpaired) electrons. The Kier molecular flexibility index (Phi) is 6.77. The van der Waals surface area contributed by atoms with Crippen LogP contribution < -0.4 is 5.73 Å². The standard InChI is InChI=1S/C13H23N3/c1-16(11-5-3-2-4-8-14)12-13-6-9-15-10-7-13/h6-7,9-10H,2-5,8,11-12,14H2,1H3. The number of pyridine rings is 1. The topological polar surface area (TPSA) is 42.1 Å². The first kappa shape index (κ1) is 13.1. The van der Waals surface area contributed by atoms with Crippen molar-refractivity contribution < 1.29 is 0 Å². The van der Waals surface area contributed by atoms with Crippen LogP contribution in [0, 0.1) is 0 Å². The Bertz CT molecular complexity index is 261. The zero-order valence-electron chi connectivity index (χ0n) is 10.2. The van der Waals surface area contributed by atoms with Gasteiger partial charge in [-0.15, -0.1) is 0 Å². The molecular formula is C13H23N3. The number of unbranched alkanes of at least 4 members (excludes halogenated alkanes) is 3. The summed E-state index contributed by atoms with van der Waals surface area (Å²) in [5, 5.41) is 0. The van der Waals surface area contributed by atoms with E-state index in [-0.39, 0.29) is 0 Å². The Morgan fingerprint density at radius 3 is 2.50 bits per heavy atom. The van der Waals surface area contributed by atoms with Crippen molar-refractivity contribution >= 4 is 0 Å². The largest absolute Gasteiger partial charge is 0.330 e.